The van der Waals surface area contributed by atoms with E-state index in [-0.39, 0.29) is 0 Å². The van der Waals surface area contributed by atoms with Gasteiger partial charge in [-0.1, -0.05) is 18.2 Å². The highest BCUT2D eigenvalue weighted by molar-refractivity contribution is 6.08. The Balaban J connectivity index is 3.12. The standard InChI is InChI=1S/C13H18N2/c1-9-6-5-7-10(2)13(9)12(14)8-11(3)15-4/h5-8,14-15H,1-4H3/b11-8-,14-12?. The van der Waals surface area contributed by atoms with Crippen molar-refractivity contribution in [2.24, 2.45) is 0 Å². The minimum atomic E-state index is 0.567. The largest absolute Gasteiger partial charge is 0.392 e. The molecule has 0 aromatic heterocycles. The monoisotopic (exact) mass is 202 g/mol. The summed E-state index contributed by atoms with van der Waals surface area (Å²) in [5, 5.41) is 11.1. The van der Waals surface area contributed by atoms with Crippen LogP contribution in [0.1, 0.15) is 23.6 Å². The first kappa shape index (κ1) is 11.5. The molecule has 0 fully saturated rings. The summed E-state index contributed by atoms with van der Waals surface area (Å²) in [6.07, 6.45) is 1.86. The van der Waals surface area contributed by atoms with Gasteiger partial charge in [-0.15, -0.1) is 0 Å². The van der Waals surface area contributed by atoms with Gasteiger partial charge in [0.25, 0.3) is 0 Å². The van der Waals surface area contributed by atoms with Crippen molar-refractivity contribution >= 4 is 5.71 Å². The summed E-state index contributed by atoms with van der Waals surface area (Å²) >= 11 is 0. The van der Waals surface area contributed by atoms with Crippen LogP contribution >= 0.6 is 0 Å². The van der Waals surface area contributed by atoms with Gasteiger partial charge in [-0.2, -0.15) is 0 Å². The molecule has 0 aliphatic rings. The van der Waals surface area contributed by atoms with E-state index in [1.807, 2.05) is 52.1 Å². The van der Waals surface area contributed by atoms with E-state index in [2.05, 4.69) is 5.32 Å². The zero-order valence-electron chi connectivity index (χ0n) is 9.81. The second kappa shape index (κ2) is 4.78. The molecular weight excluding hydrogens is 184 g/mol. The summed E-state index contributed by atoms with van der Waals surface area (Å²) in [6, 6.07) is 6.11. The third-order valence-corrected chi connectivity index (χ3v) is 2.51. The van der Waals surface area contributed by atoms with E-state index in [1.54, 1.807) is 0 Å². The molecule has 0 bridgehead atoms. The molecule has 2 nitrogen and oxygen atoms in total. The fourth-order valence-electron chi connectivity index (χ4n) is 1.60. The van der Waals surface area contributed by atoms with Gasteiger partial charge in [0.1, 0.15) is 0 Å². The van der Waals surface area contributed by atoms with Crippen molar-refractivity contribution < 1.29 is 0 Å². The lowest BCUT2D eigenvalue weighted by atomic mass is 9.98. The van der Waals surface area contributed by atoms with Crippen molar-refractivity contribution in [3.63, 3.8) is 0 Å². The van der Waals surface area contributed by atoms with E-state index in [9.17, 15) is 0 Å². The van der Waals surface area contributed by atoms with Gasteiger partial charge in [-0.25, -0.2) is 0 Å². The highest BCUT2D eigenvalue weighted by Crippen LogP contribution is 2.14. The first-order valence-corrected chi connectivity index (χ1v) is 5.07. The predicted octanol–water partition coefficient (Wildman–Crippen LogP) is 2.79. The van der Waals surface area contributed by atoms with Crippen molar-refractivity contribution in [1.82, 2.24) is 5.32 Å². The number of allylic oxidation sites excluding steroid dienone is 2. The normalized spacial score (nSPS) is 11.3. The summed E-state index contributed by atoms with van der Waals surface area (Å²) in [5.41, 5.74) is 4.91. The molecule has 1 rings (SSSR count). The van der Waals surface area contributed by atoms with Gasteiger partial charge in [0.15, 0.2) is 0 Å². The molecule has 0 heterocycles. The quantitative estimate of drug-likeness (QED) is 0.726. The van der Waals surface area contributed by atoms with E-state index >= 15 is 0 Å². The van der Waals surface area contributed by atoms with Crippen molar-refractivity contribution in [2.75, 3.05) is 7.05 Å². The van der Waals surface area contributed by atoms with Gasteiger partial charge in [0.2, 0.25) is 0 Å². The Labute approximate surface area is 91.5 Å². The molecule has 0 saturated carbocycles. The molecule has 0 aliphatic heterocycles. The lowest BCUT2D eigenvalue weighted by molar-refractivity contribution is 0.992. The highest BCUT2D eigenvalue weighted by Gasteiger charge is 2.05. The average Bonchev–Trinajstić information content (AvgIpc) is 2.17. The van der Waals surface area contributed by atoms with Crippen LogP contribution in [0.3, 0.4) is 0 Å². The fourth-order valence-corrected chi connectivity index (χ4v) is 1.60. The Morgan fingerprint density at radius 3 is 2.27 bits per heavy atom. The molecule has 0 spiro atoms. The van der Waals surface area contributed by atoms with Crippen LogP contribution in [-0.2, 0) is 0 Å². The molecule has 1 aromatic rings. The van der Waals surface area contributed by atoms with E-state index in [0.29, 0.717) is 5.71 Å². The molecule has 80 valence electrons. The first-order valence-electron chi connectivity index (χ1n) is 5.07. The fraction of sp³-hybridized carbons (Fsp3) is 0.308. The average molecular weight is 202 g/mol. The number of hydrogen-bond acceptors (Lipinski definition) is 2. The van der Waals surface area contributed by atoms with Gasteiger partial charge in [0.05, 0.1) is 5.71 Å². The van der Waals surface area contributed by atoms with Crippen molar-refractivity contribution in [1.29, 1.82) is 5.41 Å². The Morgan fingerprint density at radius 1 is 1.27 bits per heavy atom. The second-order valence-corrected chi connectivity index (χ2v) is 3.76. The zero-order valence-corrected chi connectivity index (χ0v) is 9.81. The maximum atomic E-state index is 8.03. The summed E-state index contributed by atoms with van der Waals surface area (Å²) in [7, 11) is 1.86. The van der Waals surface area contributed by atoms with Crippen LogP contribution in [0.5, 0.6) is 0 Å². The second-order valence-electron chi connectivity index (χ2n) is 3.76. The number of benzene rings is 1. The lowest BCUT2D eigenvalue weighted by Gasteiger charge is -2.09. The minimum Gasteiger partial charge on any atom is -0.392 e. The summed E-state index contributed by atoms with van der Waals surface area (Å²) in [5.74, 6) is 0. The Morgan fingerprint density at radius 2 is 1.80 bits per heavy atom. The predicted molar refractivity (Wildman–Crippen MR) is 65.6 cm³/mol. The van der Waals surface area contributed by atoms with Gasteiger partial charge >= 0.3 is 0 Å². The topological polar surface area (TPSA) is 35.9 Å². The van der Waals surface area contributed by atoms with E-state index in [4.69, 9.17) is 5.41 Å². The highest BCUT2D eigenvalue weighted by atomic mass is 14.8. The maximum Gasteiger partial charge on any atom is 0.0634 e. The molecular formula is C13H18N2. The Hall–Kier alpha value is -1.57. The van der Waals surface area contributed by atoms with E-state index < -0.39 is 0 Å². The van der Waals surface area contributed by atoms with Crippen LogP contribution in [0.2, 0.25) is 0 Å². The molecule has 1 aromatic carbocycles. The van der Waals surface area contributed by atoms with Crippen molar-refractivity contribution in [3.05, 3.63) is 46.7 Å². The molecule has 0 atom stereocenters. The van der Waals surface area contributed by atoms with Crippen LogP contribution < -0.4 is 5.32 Å². The van der Waals surface area contributed by atoms with Crippen LogP contribution in [0.15, 0.2) is 30.0 Å². The number of rotatable bonds is 3. The Bertz CT molecular complexity index is 383. The summed E-state index contributed by atoms with van der Waals surface area (Å²) < 4.78 is 0. The Kier molecular flexibility index (Phi) is 3.67. The summed E-state index contributed by atoms with van der Waals surface area (Å²) in [6.45, 7) is 6.04. The van der Waals surface area contributed by atoms with Crippen molar-refractivity contribution in [3.8, 4) is 0 Å². The maximum absolute atomic E-state index is 8.03. The molecule has 0 unspecified atom stereocenters. The minimum absolute atomic E-state index is 0.567. The SMILES string of the molecule is CN/C(C)=C\C(=N)c1c(C)cccc1C. The van der Waals surface area contributed by atoms with Gasteiger partial charge < -0.3 is 10.7 Å². The molecule has 0 saturated heterocycles. The number of hydrogen-bond donors (Lipinski definition) is 2. The molecule has 2 N–H and O–H groups in total. The van der Waals surface area contributed by atoms with Crippen LogP contribution in [0, 0.1) is 19.3 Å². The van der Waals surface area contributed by atoms with Crippen molar-refractivity contribution in [2.45, 2.75) is 20.8 Å². The molecule has 15 heavy (non-hydrogen) atoms. The van der Waals surface area contributed by atoms with E-state index in [0.717, 1.165) is 22.4 Å². The van der Waals surface area contributed by atoms with Gasteiger partial charge in [-0.3, -0.25) is 0 Å². The van der Waals surface area contributed by atoms with Crippen LogP contribution in [0.4, 0.5) is 0 Å². The van der Waals surface area contributed by atoms with Crippen LogP contribution in [-0.4, -0.2) is 12.8 Å². The third-order valence-electron chi connectivity index (χ3n) is 2.51. The van der Waals surface area contributed by atoms with Gasteiger partial charge in [-0.05, 0) is 38.0 Å². The molecule has 2 heteroatoms. The first-order chi connectivity index (χ1) is 7.06. The lowest BCUT2D eigenvalue weighted by Crippen LogP contribution is -2.07. The van der Waals surface area contributed by atoms with Crippen LogP contribution in [0.25, 0.3) is 0 Å². The molecule has 0 aliphatic carbocycles. The number of aryl methyl sites for hydroxylation is 2. The molecule has 0 radical (unpaired) electrons. The van der Waals surface area contributed by atoms with Gasteiger partial charge in [0, 0.05) is 18.3 Å². The summed E-state index contributed by atoms with van der Waals surface area (Å²) in [4.78, 5) is 0. The third kappa shape index (κ3) is 2.69. The van der Waals surface area contributed by atoms with E-state index in [1.165, 1.54) is 0 Å². The number of nitrogens with one attached hydrogen (secondary N) is 2. The smallest absolute Gasteiger partial charge is 0.0634 e. The molecule has 0 amide bonds. The zero-order chi connectivity index (χ0) is 11.4.